The first-order valence-electron chi connectivity index (χ1n) is 10.3. The number of thioether (sulfide) groups is 1. The minimum Gasteiger partial charge on any atom is -0.345 e. The van der Waals surface area contributed by atoms with Crippen LogP contribution >= 0.6 is 11.8 Å². The monoisotopic (exact) mass is 435 g/mol. The van der Waals surface area contributed by atoms with E-state index in [1.54, 1.807) is 24.3 Å². The van der Waals surface area contributed by atoms with Crippen LogP contribution in [0.3, 0.4) is 0 Å². The number of carbonyl (C=O) groups is 2. The quantitative estimate of drug-likeness (QED) is 0.519. The molecule has 160 valence electrons. The van der Waals surface area contributed by atoms with Crippen molar-refractivity contribution in [1.82, 2.24) is 20.1 Å². The van der Waals surface area contributed by atoms with Crippen molar-refractivity contribution in [3.05, 3.63) is 71.5 Å². The Morgan fingerprint density at radius 1 is 1.10 bits per heavy atom. The van der Waals surface area contributed by atoms with Gasteiger partial charge in [-0.05, 0) is 44.4 Å². The van der Waals surface area contributed by atoms with E-state index in [0.717, 1.165) is 29.4 Å². The maximum Gasteiger partial charge on any atom is 0.253 e. The van der Waals surface area contributed by atoms with Crippen molar-refractivity contribution in [2.24, 2.45) is 0 Å². The first-order valence-corrected chi connectivity index (χ1v) is 11.3. The number of anilines is 1. The van der Waals surface area contributed by atoms with Crippen molar-refractivity contribution < 1.29 is 9.59 Å². The molecule has 1 aliphatic carbocycles. The third kappa shape index (κ3) is 5.14. The Morgan fingerprint density at radius 3 is 2.55 bits per heavy atom. The molecule has 2 amide bonds. The first-order chi connectivity index (χ1) is 15.0. The second kappa shape index (κ2) is 9.34. The summed E-state index contributed by atoms with van der Waals surface area (Å²) in [6, 6.07) is 17.1. The fourth-order valence-electron chi connectivity index (χ4n) is 3.41. The van der Waals surface area contributed by atoms with E-state index >= 15 is 0 Å². The van der Waals surface area contributed by atoms with Gasteiger partial charge in [0, 0.05) is 6.04 Å². The number of benzene rings is 2. The van der Waals surface area contributed by atoms with E-state index in [2.05, 4.69) is 25.4 Å². The largest absolute Gasteiger partial charge is 0.345 e. The highest BCUT2D eigenvalue weighted by atomic mass is 32.2. The van der Waals surface area contributed by atoms with E-state index in [0.29, 0.717) is 17.3 Å². The zero-order chi connectivity index (χ0) is 21.8. The van der Waals surface area contributed by atoms with Gasteiger partial charge in [0.2, 0.25) is 5.91 Å². The molecule has 0 saturated heterocycles. The molecule has 7 nitrogen and oxygen atoms in total. The Bertz CT molecular complexity index is 1080. The summed E-state index contributed by atoms with van der Waals surface area (Å²) >= 11 is 1.36. The number of nitrogens with one attached hydrogen (secondary N) is 2. The van der Waals surface area contributed by atoms with E-state index in [1.807, 2.05) is 44.2 Å². The topological polar surface area (TPSA) is 88.9 Å². The normalized spacial score (nSPS) is 14.1. The molecule has 0 bridgehead atoms. The van der Waals surface area contributed by atoms with Gasteiger partial charge in [0.1, 0.15) is 5.82 Å². The fourth-order valence-corrected chi connectivity index (χ4v) is 4.26. The van der Waals surface area contributed by atoms with Crippen molar-refractivity contribution in [2.45, 2.75) is 43.9 Å². The number of nitrogens with zero attached hydrogens (tertiary/aromatic N) is 3. The summed E-state index contributed by atoms with van der Waals surface area (Å²) in [5, 5.41) is 15.0. The molecule has 2 N–H and O–H groups in total. The average Bonchev–Trinajstić information content (AvgIpc) is 3.55. The Morgan fingerprint density at radius 2 is 1.81 bits per heavy atom. The number of amides is 2. The van der Waals surface area contributed by atoms with Crippen LogP contribution < -0.4 is 10.6 Å². The Balaban J connectivity index is 1.39. The van der Waals surface area contributed by atoms with Gasteiger partial charge >= 0.3 is 0 Å². The second-order valence-electron chi connectivity index (χ2n) is 7.62. The third-order valence-corrected chi connectivity index (χ3v) is 6.12. The highest BCUT2D eigenvalue weighted by Gasteiger charge is 2.28. The molecule has 1 atom stereocenters. The third-order valence-electron chi connectivity index (χ3n) is 5.17. The zero-order valence-corrected chi connectivity index (χ0v) is 18.4. The van der Waals surface area contributed by atoms with Crippen molar-refractivity contribution >= 4 is 29.3 Å². The standard InChI is InChI=1S/C23H25N5O2S/c1-15(17-8-4-3-5-9-17)24-22(30)19-10-6-7-11-20(19)25-21(29)14-31-23-27-26-16(2)28(23)18-12-13-18/h3-11,15,18H,12-14H2,1-2H3,(H,24,30)(H,25,29)/t15-/m1/s1. The lowest BCUT2D eigenvalue weighted by Gasteiger charge is -2.16. The lowest BCUT2D eigenvalue weighted by Crippen LogP contribution is -2.28. The van der Waals surface area contributed by atoms with Crippen molar-refractivity contribution in [3.63, 3.8) is 0 Å². The first kappa shape index (κ1) is 21.1. The van der Waals surface area contributed by atoms with Crippen molar-refractivity contribution in [3.8, 4) is 0 Å². The van der Waals surface area contributed by atoms with Gasteiger partial charge in [-0.15, -0.1) is 10.2 Å². The summed E-state index contributed by atoms with van der Waals surface area (Å²) in [5.74, 6) is 0.648. The highest BCUT2D eigenvalue weighted by Crippen LogP contribution is 2.38. The minimum atomic E-state index is -0.232. The maximum absolute atomic E-state index is 12.9. The Hall–Kier alpha value is -3.13. The van der Waals surface area contributed by atoms with Gasteiger partial charge in [0.15, 0.2) is 5.16 Å². The second-order valence-corrected chi connectivity index (χ2v) is 8.56. The lowest BCUT2D eigenvalue weighted by molar-refractivity contribution is -0.113. The van der Waals surface area contributed by atoms with E-state index in [-0.39, 0.29) is 23.6 Å². The number of aromatic nitrogens is 3. The van der Waals surface area contributed by atoms with Gasteiger partial charge in [-0.1, -0.05) is 54.2 Å². The average molecular weight is 436 g/mol. The van der Waals surface area contributed by atoms with Crippen LogP contribution in [-0.4, -0.2) is 32.3 Å². The van der Waals surface area contributed by atoms with Crippen LogP contribution in [0.1, 0.15) is 53.6 Å². The molecule has 1 aliphatic rings. The maximum atomic E-state index is 12.9. The number of hydrogen-bond acceptors (Lipinski definition) is 5. The summed E-state index contributed by atoms with van der Waals surface area (Å²) in [6.45, 7) is 3.86. The van der Waals surface area contributed by atoms with Gasteiger partial charge in [-0.25, -0.2) is 0 Å². The molecule has 2 aromatic carbocycles. The van der Waals surface area contributed by atoms with Crippen LogP contribution in [0.25, 0.3) is 0 Å². The molecule has 3 aromatic rings. The van der Waals surface area contributed by atoms with Crippen LogP contribution in [-0.2, 0) is 4.79 Å². The molecule has 0 aliphatic heterocycles. The van der Waals surface area contributed by atoms with E-state index < -0.39 is 0 Å². The summed E-state index contributed by atoms with van der Waals surface area (Å²) in [5.41, 5.74) is 1.94. The molecular formula is C23H25N5O2S. The minimum absolute atomic E-state index is 0.148. The molecule has 1 fully saturated rings. The molecule has 0 radical (unpaired) electrons. The molecule has 1 heterocycles. The number of aryl methyl sites for hydroxylation is 1. The summed E-state index contributed by atoms with van der Waals surface area (Å²) < 4.78 is 2.10. The molecule has 4 rings (SSSR count). The fraction of sp³-hybridized carbons (Fsp3) is 0.304. The summed E-state index contributed by atoms with van der Waals surface area (Å²) in [4.78, 5) is 25.4. The lowest BCUT2D eigenvalue weighted by atomic mass is 10.1. The SMILES string of the molecule is Cc1nnc(SCC(=O)Nc2ccccc2C(=O)N[C@H](C)c2ccccc2)n1C1CC1. The van der Waals surface area contributed by atoms with Gasteiger partial charge < -0.3 is 15.2 Å². The highest BCUT2D eigenvalue weighted by molar-refractivity contribution is 7.99. The Kier molecular flexibility index (Phi) is 6.36. The number of rotatable bonds is 8. The number of carbonyl (C=O) groups excluding carboxylic acids is 2. The van der Waals surface area contributed by atoms with Crippen molar-refractivity contribution in [2.75, 3.05) is 11.1 Å². The van der Waals surface area contributed by atoms with Crippen LogP contribution in [0.4, 0.5) is 5.69 Å². The molecular weight excluding hydrogens is 410 g/mol. The van der Waals surface area contributed by atoms with Gasteiger partial charge in [-0.2, -0.15) is 0 Å². The number of hydrogen-bond donors (Lipinski definition) is 2. The molecule has 8 heteroatoms. The van der Waals surface area contributed by atoms with Crippen LogP contribution in [0.15, 0.2) is 59.8 Å². The van der Waals surface area contributed by atoms with Gasteiger partial charge in [0.05, 0.1) is 23.0 Å². The molecule has 31 heavy (non-hydrogen) atoms. The van der Waals surface area contributed by atoms with Crippen LogP contribution in [0.5, 0.6) is 0 Å². The zero-order valence-electron chi connectivity index (χ0n) is 17.5. The van der Waals surface area contributed by atoms with Crippen LogP contribution in [0, 0.1) is 6.92 Å². The molecule has 1 saturated carbocycles. The predicted molar refractivity (Wildman–Crippen MR) is 121 cm³/mol. The predicted octanol–water partition coefficient (Wildman–Crippen LogP) is 4.14. The van der Waals surface area contributed by atoms with Crippen molar-refractivity contribution in [1.29, 1.82) is 0 Å². The molecule has 0 unspecified atom stereocenters. The summed E-state index contributed by atoms with van der Waals surface area (Å²) in [7, 11) is 0. The number of para-hydroxylation sites is 1. The smallest absolute Gasteiger partial charge is 0.253 e. The van der Waals surface area contributed by atoms with Gasteiger partial charge in [0.25, 0.3) is 5.91 Å². The van der Waals surface area contributed by atoms with Gasteiger partial charge in [-0.3, -0.25) is 9.59 Å². The molecule has 1 aromatic heterocycles. The Labute approximate surface area is 185 Å². The van der Waals surface area contributed by atoms with E-state index in [4.69, 9.17) is 0 Å². The van der Waals surface area contributed by atoms with E-state index in [9.17, 15) is 9.59 Å². The van der Waals surface area contributed by atoms with E-state index in [1.165, 1.54) is 11.8 Å². The molecule has 0 spiro atoms. The van der Waals surface area contributed by atoms with Crippen LogP contribution in [0.2, 0.25) is 0 Å². The summed E-state index contributed by atoms with van der Waals surface area (Å²) in [6.07, 6.45) is 2.26.